The number of sulfonamides is 1. The van der Waals surface area contributed by atoms with Crippen molar-refractivity contribution >= 4 is 39.1 Å². The second-order valence-electron chi connectivity index (χ2n) is 9.71. The second kappa shape index (κ2) is 14.9. The molecule has 3 aromatic rings. The van der Waals surface area contributed by atoms with E-state index in [-0.39, 0.29) is 31.3 Å². The Morgan fingerprint density at radius 2 is 1.57 bits per heavy atom. The number of aryl methyl sites for hydroxylation is 1. The summed E-state index contributed by atoms with van der Waals surface area (Å²) in [4.78, 5) is 28.6. The van der Waals surface area contributed by atoms with Crippen molar-refractivity contribution in [3.05, 3.63) is 101 Å². The molecule has 2 amide bonds. The summed E-state index contributed by atoms with van der Waals surface area (Å²) in [7, 11) is -3.56. The first kappa shape index (κ1) is 31.2. The molecule has 0 aliphatic heterocycles. The van der Waals surface area contributed by atoms with Crippen molar-refractivity contribution in [1.82, 2.24) is 10.2 Å². The molecule has 0 saturated carbocycles. The molecule has 0 unspecified atom stereocenters. The molecular formula is C31H38ClN3O4S. The Hall–Kier alpha value is -3.36. The van der Waals surface area contributed by atoms with Gasteiger partial charge in [0.1, 0.15) is 6.04 Å². The van der Waals surface area contributed by atoms with Gasteiger partial charge in [0.2, 0.25) is 21.8 Å². The van der Waals surface area contributed by atoms with Crippen LogP contribution >= 0.6 is 11.6 Å². The number of nitrogens with one attached hydrogen (secondary N) is 1. The lowest BCUT2D eigenvalue weighted by atomic mass is 10.0. The summed E-state index contributed by atoms with van der Waals surface area (Å²) in [5, 5.41) is 3.42. The standard InChI is InChI=1S/C31H38ClN3O4S/c1-4-24-16-18-28(19-17-24)35(40(3,38)39)20-10-15-30(36)34(23-26-13-9-14-27(32)21-26)29(31(37)33-5-2)22-25-11-7-6-8-12-25/h6-9,11-14,16-19,21,29H,4-5,10,15,20,22-23H2,1-3H3,(H,33,37)/t29-/m1/s1. The highest BCUT2D eigenvalue weighted by atomic mass is 35.5. The van der Waals surface area contributed by atoms with Gasteiger partial charge in [0.05, 0.1) is 11.9 Å². The molecule has 7 nitrogen and oxygen atoms in total. The molecule has 3 aromatic carbocycles. The lowest BCUT2D eigenvalue weighted by molar-refractivity contribution is -0.141. The third-order valence-electron chi connectivity index (χ3n) is 6.65. The molecule has 0 aromatic heterocycles. The number of hydrogen-bond donors (Lipinski definition) is 1. The van der Waals surface area contributed by atoms with Crippen LogP contribution in [-0.2, 0) is 39.0 Å². The maximum absolute atomic E-state index is 13.8. The van der Waals surface area contributed by atoms with Gasteiger partial charge in [0.25, 0.3) is 0 Å². The van der Waals surface area contributed by atoms with Gasteiger partial charge in [-0.15, -0.1) is 0 Å². The van der Waals surface area contributed by atoms with Crippen LogP contribution in [0, 0.1) is 0 Å². The quantitative estimate of drug-likeness (QED) is 0.282. The Bertz CT molecular complexity index is 1360. The van der Waals surface area contributed by atoms with Gasteiger partial charge >= 0.3 is 0 Å². The van der Waals surface area contributed by atoms with Gasteiger partial charge < -0.3 is 10.2 Å². The number of carbonyl (C=O) groups excluding carboxylic acids is 2. The summed E-state index contributed by atoms with van der Waals surface area (Å²) < 4.78 is 26.5. The van der Waals surface area contributed by atoms with E-state index >= 15 is 0 Å². The van der Waals surface area contributed by atoms with Gasteiger partial charge in [-0.05, 0) is 60.7 Å². The highest BCUT2D eigenvalue weighted by Gasteiger charge is 2.30. The fourth-order valence-corrected chi connectivity index (χ4v) is 5.76. The van der Waals surface area contributed by atoms with E-state index in [1.165, 1.54) is 10.6 Å². The Kier molecular flexibility index (Phi) is 11.6. The van der Waals surface area contributed by atoms with Crippen LogP contribution in [0.25, 0.3) is 0 Å². The average molecular weight is 584 g/mol. The topological polar surface area (TPSA) is 86.8 Å². The average Bonchev–Trinajstić information content (AvgIpc) is 2.93. The van der Waals surface area contributed by atoms with E-state index in [2.05, 4.69) is 5.32 Å². The molecule has 0 saturated heterocycles. The Balaban J connectivity index is 1.85. The molecule has 1 atom stereocenters. The van der Waals surface area contributed by atoms with E-state index in [1.54, 1.807) is 29.2 Å². The lowest BCUT2D eigenvalue weighted by Gasteiger charge is -2.32. The van der Waals surface area contributed by atoms with E-state index in [0.29, 0.717) is 30.1 Å². The van der Waals surface area contributed by atoms with Crippen molar-refractivity contribution in [3.63, 3.8) is 0 Å². The molecule has 0 spiro atoms. The molecule has 3 rings (SSSR count). The number of amides is 2. The molecule has 214 valence electrons. The van der Waals surface area contributed by atoms with Crippen molar-refractivity contribution < 1.29 is 18.0 Å². The van der Waals surface area contributed by atoms with Crippen molar-refractivity contribution in [2.45, 2.75) is 52.1 Å². The first-order chi connectivity index (χ1) is 19.1. The SMILES string of the molecule is CCNC(=O)[C@@H](Cc1ccccc1)N(Cc1cccc(Cl)c1)C(=O)CCCN(c1ccc(CC)cc1)S(C)(=O)=O. The van der Waals surface area contributed by atoms with Crippen LogP contribution in [0.1, 0.15) is 43.4 Å². The van der Waals surface area contributed by atoms with E-state index in [9.17, 15) is 18.0 Å². The monoisotopic (exact) mass is 583 g/mol. The first-order valence-electron chi connectivity index (χ1n) is 13.5. The number of benzene rings is 3. The zero-order chi connectivity index (χ0) is 29.1. The van der Waals surface area contributed by atoms with Crippen molar-refractivity contribution in [2.24, 2.45) is 0 Å². The Morgan fingerprint density at radius 3 is 2.17 bits per heavy atom. The first-order valence-corrected chi connectivity index (χ1v) is 15.8. The summed E-state index contributed by atoms with van der Waals surface area (Å²) in [6.07, 6.45) is 2.73. The van der Waals surface area contributed by atoms with Crippen LogP contribution in [0.3, 0.4) is 0 Å². The maximum Gasteiger partial charge on any atom is 0.243 e. The van der Waals surface area contributed by atoms with Crippen LogP contribution in [0.4, 0.5) is 5.69 Å². The van der Waals surface area contributed by atoms with Crippen molar-refractivity contribution in [3.8, 4) is 0 Å². The number of anilines is 1. The molecule has 9 heteroatoms. The number of halogens is 1. The van der Waals surface area contributed by atoms with Crippen LogP contribution in [0.5, 0.6) is 0 Å². The maximum atomic E-state index is 13.8. The van der Waals surface area contributed by atoms with Gasteiger partial charge in [0, 0.05) is 37.5 Å². The molecule has 40 heavy (non-hydrogen) atoms. The predicted octanol–water partition coefficient (Wildman–Crippen LogP) is 5.22. The number of carbonyl (C=O) groups is 2. The number of likely N-dealkylation sites (N-methyl/N-ethyl adjacent to an activating group) is 1. The van der Waals surface area contributed by atoms with Crippen molar-refractivity contribution in [2.75, 3.05) is 23.7 Å². The number of hydrogen-bond acceptors (Lipinski definition) is 4. The molecule has 0 radical (unpaired) electrons. The summed E-state index contributed by atoms with van der Waals surface area (Å²) in [6, 6.07) is 23.4. The van der Waals surface area contributed by atoms with Gasteiger partial charge in [-0.25, -0.2) is 8.42 Å². The summed E-state index contributed by atoms with van der Waals surface area (Å²) in [6.45, 7) is 4.65. The largest absolute Gasteiger partial charge is 0.355 e. The summed E-state index contributed by atoms with van der Waals surface area (Å²) >= 11 is 6.22. The second-order valence-corrected chi connectivity index (χ2v) is 12.1. The fourth-order valence-electron chi connectivity index (χ4n) is 4.58. The van der Waals surface area contributed by atoms with E-state index in [4.69, 9.17) is 11.6 Å². The minimum absolute atomic E-state index is 0.0737. The molecule has 1 N–H and O–H groups in total. The zero-order valence-electron chi connectivity index (χ0n) is 23.3. The van der Waals surface area contributed by atoms with Crippen molar-refractivity contribution in [1.29, 1.82) is 0 Å². The third-order valence-corrected chi connectivity index (χ3v) is 8.08. The Morgan fingerprint density at radius 1 is 0.900 bits per heavy atom. The zero-order valence-corrected chi connectivity index (χ0v) is 24.9. The van der Waals surface area contributed by atoms with Crippen LogP contribution in [-0.4, -0.2) is 50.5 Å². The lowest BCUT2D eigenvalue weighted by Crippen LogP contribution is -2.50. The van der Waals surface area contributed by atoms with Gasteiger partial charge in [-0.3, -0.25) is 13.9 Å². The van der Waals surface area contributed by atoms with Crippen LogP contribution in [0.2, 0.25) is 5.02 Å². The molecule has 0 aliphatic rings. The molecule has 0 aliphatic carbocycles. The van der Waals surface area contributed by atoms with E-state index < -0.39 is 16.1 Å². The van der Waals surface area contributed by atoms with Gasteiger partial charge in [-0.1, -0.05) is 73.1 Å². The van der Waals surface area contributed by atoms with Crippen LogP contribution < -0.4 is 9.62 Å². The number of rotatable bonds is 14. The van der Waals surface area contributed by atoms with Crippen LogP contribution in [0.15, 0.2) is 78.9 Å². The molecule has 0 bridgehead atoms. The minimum Gasteiger partial charge on any atom is -0.355 e. The van der Waals surface area contributed by atoms with Gasteiger partial charge in [0.15, 0.2) is 0 Å². The predicted molar refractivity (Wildman–Crippen MR) is 162 cm³/mol. The van der Waals surface area contributed by atoms with E-state index in [1.807, 2.05) is 68.4 Å². The normalized spacial score (nSPS) is 12.0. The molecule has 0 heterocycles. The third kappa shape index (κ3) is 9.10. The molecule has 0 fully saturated rings. The van der Waals surface area contributed by atoms with E-state index in [0.717, 1.165) is 23.1 Å². The van der Waals surface area contributed by atoms with Gasteiger partial charge in [-0.2, -0.15) is 0 Å². The highest BCUT2D eigenvalue weighted by molar-refractivity contribution is 7.92. The minimum atomic E-state index is -3.56. The smallest absolute Gasteiger partial charge is 0.243 e. The molecular weight excluding hydrogens is 546 g/mol. The highest BCUT2D eigenvalue weighted by Crippen LogP contribution is 2.21. The summed E-state index contributed by atoms with van der Waals surface area (Å²) in [5.74, 6) is -0.475. The Labute approximate surface area is 243 Å². The summed E-state index contributed by atoms with van der Waals surface area (Å²) in [5.41, 5.74) is 3.41. The fraction of sp³-hybridized carbons (Fsp3) is 0.355. The number of nitrogens with zero attached hydrogens (tertiary/aromatic N) is 2.